The van der Waals surface area contributed by atoms with Gasteiger partial charge in [0.15, 0.2) is 5.78 Å². The molecule has 0 atom stereocenters. The van der Waals surface area contributed by atoms with Gasteiger partial charge in [0.2, 0.25) is 0 Å². The number of rotatable bonds is 2. The van der Waals surface area contributed by atoms with E-state index in [1.165, 1.54) is 24.3 Å². The van der Waals surface area contributed by atoms with Crippen molar-refractivity contribution in [3.8, 4) is 11.5 Å². The molecule has 17 heavy (non-hydrogen) atoms. The van der Waals surface area contributed by atoms with Gasteiger partial charge in [0, 0.05) is 0 Å². The van der Waals surface area contributed by atoms with Crippen LogP contribution < -0.4 is 29.6 Å². The maximum absolute atomic E-state index is 12.0. The molecule has 2 aromatic carbocycles. The molecule has 0 saturated heterocycles. The Labute approximate surface area is 123 Å². The van der Waals surface area contributed by atoms with Crippen LogP contribution in [0.1, 0.15) is 17.3 Å². The molecule has 2 aromatic rings. The van der Waals surface area contributed by atoms with Gasteiger partial charge in [0.05, 0.1) is 11.1 Å². The smallest absolute Gasteiger partial charge is 1.00 e. The zero-order chi connectivity index (χ0) is 11.5. The van der Waals surface area contributed by atoms with Crippen LogP contribution in [0.4, 0.5) is 0 Å². The van der Waals surface area contributed by atoms with Crippen molar-refractivity contribution in [2.75, 3.05) is 0 Å². The third-order valence-electron chi connectivity index (χ3n) is 2.30. The summed E-state index contributed by atoms with van der Waals surface area (Å²) in [5, 5.41) is 19.1. The summed E-state index contributed by atoms with van der Waals surface area (Å²) < 4.78 is 0. The molecule has 0 bridgehead atoms. The summed E-state index contributed by atoms with van der Waals surface area (Å²) >= 11 is 0. The number of aromatic hydroxyl groups is 2. The van der Waals surface area contributed by atoms with Crippen LogP contribution >= 0.6 is 0 Å². The van der Waals surface area contributed by atoms with Gasteiger partial charge < -0.3 is 11.6 Å². The predicted molar refractivity (Wildman–Crippen MR) is 60.8 cm³/mol. The minimum atomic E-state index is -0.392. The molecule has 0 fully saturated rings. The molecule has 0 aliphatic rings. The van der Waals surface area contributed by atoms with Gasteiger partial charge in [0.1, 0.15) is 11.5 Å². The van der Waals surface area contributed by atoms with Crippen LogP contribution in [-0.4, -0.2) is 16.0 Å². The minimum absolute atomic E-state index is 0. The van der Waals surface area contributed by atoms with E-state index >= 15 is 0 Å². The molecule has 0 aromatic heterocycles. The zero-order valence-electron chi connectivity index (χ0n) is 10.4. The number of carbonyl (C=O) groups excluding carboxylic acids is 1. The van der Waals surface area contributed by atoms with E-state index in [0.29, 0.717) is 0 Å². The average molecular weight is 238 g/mol. The maximum atomic E-state index is 12.0. The summed E-state index contributed by atoms with van der Waals surface area (Å²) in [4.78, 5) is 12.0. The molecule has 0 aliphatic carbocycles. The van der Waals surface area contributed by atoms with Crippen molar-refractivity contribution in [1.29, 1.82) is 0 Å². The first-order chi connectivity index (χ1) is 7.70. The molecule has 0 heterocycles. The molecule has 0 spiro atoms. The summed E-state index contributed by atoms with van der Waals surface area (Å²) in [6.07, 6.45) is 0. The van der Waals surface area contributed by atoms with Crippen molar-refractivity contribution in [2.45, 2.75) is 0 Å². The summed E-state index contributed by atoms with van der Waals surface area (Å²) in [6, 6.07) is 12.5. The van der Waals surface area contributed by atoms with Crippen molar-refractivity contribution in [2.24, 2.45) is 0 Å². The fourth-order valence-electron chi connectivity index (χ4n) is 1.48. The van der Waals surface area contributed by atoms with Crippen molar-refractivity contribution < 1.29 is 46.0 Å². The Morgan fingerprint density at radius 2 is 1.18 bits per heavy atom. The molecular weight excluding hydrogens is 227 g/mol. The monoisotopic (exact) mass is 238 g/mol. The van der Waals surface area contributed by atoms with Gasteiger partial charge in [-0.05, 0) is 24.3 Å². The third-order valence-corrected chi connectivity index (χ3v) is 2.30. The van der Waals surface area contributed by atoms with Crippen LogP contribution in [0.2, 0.25) is 0 Å². The number of phenolic OH excluding ortho intramolecular Hbond substituents is 2. The molecular formula is C13H11NaO3. The van der Waals surface area contributed by atoms with Crippen LogP contribution in [-0.2, 0) is 0 Å². The normalized spacial score (nSPS) is 9.41. The molecule has 0 aliphatic heterocycles. The van der Waals surface area contributed by atoms with Gasteiger partial charge in [-0.2, -0.15) is 0 Å². The first-order valence-electron chi connectivity index (χ1n) is 4.81. The Kier molecular flexibility index (Phi) is 4.75. The van der Waals surface area contributed by atoms with E-state index < -0.39 is 5.78 Å². The van der Waals surface area contributed by atoms with Crippen LogP contribution in [0.25, 0.3) is 0 Å². The SMILES string of the molecule is O=C(c1ccccc1O)c1ccccc1O.[H-].[Na+]. The second kappa shape index (κ2) is 5.87. The number of benzene rings is 2. The standard InChI is InChI=1S/C13H10O3.Na.H/c14-11-7-3-1-5-9(11)13(16)10-6-2-4-8-12(10)15;;/h1-8,14-15H;;/q;+1;-1. The molecule has 0 radical (unpaired) electrons. The number of hydrogen-bond donors (Lipinski definition) is 2. The largest absolute Gasteiger partial charge is 1.00 e. The summed E-state index contributed by atoms with van der Waals surface area (Å²) in [6.45, 7) is 0. The minimum Gasteiger partial charge on any atom is -1.00 e. The summed E-state index contributed by atoms with van der Waals surface area (Å²) in [7, 11) is 0. The molecule has 4 heteroatoms. The predicted octanol–water partition coefficient (Wildman–Crippen LogP) is -0.555. The van der Waals surface area contributed by atoms with E-state index in [2.05, 4.69) is 0 Å². The van der Waals surface area contributed by atoms with Crippen molar-refractivity contribution in [3.05, 3.63) is 59.7 Å². The van der Waals surface area contributed by atoms with Crippen LogP contribution in [0.3, 0.4) is 0 Å². The molecule has 2 N–H and O–H groups in total. The van der Waals surface area contributed by atoms with Crippen LogP contribution in [0.15, 0.2) is 48.5 Å². The fourth-order valence-corrected chi connectivity index (χ4v) is 1.48. The van der Waals surface area contributed by atoms with Gasteiger partial charge in [-0.15, -0.1) is 0 Å². The van der Waals surface area contributed by atoms with Crippen molar-refractivity contribution in [3.63, 3.8) is 0 Å². The molecule has 3 nitrogen and oxygen atoms in total. The Balaban J connectivity index is 0.00000144. The maximum Gasteiger partial charge on any atom is 1.00 e. The van der Waals surface area contributed by atoms with E-state index in [9.17, 15) is 15.0 Å². The quantitative estimate of drug-likeness (QED) is 0.545. The molecule has 0 unspecified atom stereocenters. The Morgan fingerprint density at radius 1 is 0.824 bits per heavy atom. The molecule has 0 amide bonds. The van der Waals surface area contributed by atoms with E-state index in [4.69, 9.17) is 0 Å². The zero-order valence-corrected chi connectivity index (χ0v) is 11.4. The Morgan fingerprint density at radius 3 is 1.53 bits per heavy atom. The van der Waals surface area contributed by atoms with Crippen molar-refractivity contribution in [1.82, 2.24) is 0 Å². The van der Waals surface area contributed by atoms with Gasteiger partial charge in [0.25, 0.3) is 0 Å². The topological polar surface area (TPSA) is 57.5 Å². The molecule has 0 saturated carbocycles. The first kappa shape index (κ1) is 13.8. The summed E-state index contributed by atoms with van der Waals surface area (Å²) in [5.74, 6) is -0.567. The first-order valence-corrected chi connectivity index (χ1v) is 4.81. The van der Waals surface area contributed by atoms with Gasteiger partial charge in [-0.3, -0.25) is 4.79 Å². The number of para-hydroxylation sites is 2. The number of phenols is 2. The molecule has 82 valence electrons. The second-order valence-corrected chi connectivity index (χ2v) is 3.36. The van der Waals surface area contributed by atoms with E-state index in [1.54, 1.807) is 24.3 Å². The summed E-state index contributed by atoms with van der Waals surface area (Å²) in [5.41, 5.74) is 0.369. The second-order valence-electron chi connectivity index (χ2n) is 3.36. The van der Waals surface area contributed by atoms with E-state index in [-0.39, 0.29) is 53.6 Å². The number of carbonyl (C=O) groups is 1. The van der Waals surface area contributed by atoms with Gasteiger partial charge in [-0.1, -0.05) is 24.3 Å². The average Bonchev–Trinajstić information content (AvgIpc) is 2.29. The Bertz CT molecular complexity index is 496. The van der Waals surface area contributed by atoms with Gasteiger partial charge in [-0.25, -0.2) is 0 Å². The van der Waals surface area contributed by atoms with Crippen LogP contribution in [0.5, 0.6) is 11.5 Å². The number of ketones is 1. The van der Waals surface area contributed by atoms with Crippen LogP contribution in [0, 0.1) is 0 Å². The van der Waals surface area contributed by atoms with E-state index in [1.807, 2.05) is 0 Å². The number of hydrogen-bond acceptors (Lipinski definition) is 3. The third kappa shape index (κ3) is 2.88. The van der Waals surface area contributed by atoms with E-state index in [0.717, 1.165) is 0 Å². The Hall–Kier alpha value is -1.29. The van der Waals surface area contributed by atoms with Crippen molar-refractivity contribution >= 4 is 5.78 Å². The fraction of sp³-hybridized carbons (Fsp3) is 0. The molecule has 2 rings (SSSR count). The van der Waals surface area contributed by atoms with Gasteiger partial charge >= 0.3 is 29.6 Å².